The molecule has 4 rings (SSSR count). The molecule has 0 radical (unpaired) electrons. The number of aromatic nitrogens is 3. The van der Waals surface area contributed by atoms with E-state index in [1.54, 1.807) is 24.5 Å². The van der Waals surface area contributed by atoms with Crippen LogP contribution >= 0.6 is 0 Å². The van der Waals surface area contributed by atoms with Gasteiger partial charge in [0, 0.05) is 48.8 Å². The summed E-state index contributed by atoms with van der Waals surface area (Å²) in [6, 6.07) is 11.2. The fourth-order valence-electron chi connectivity index (χ4n) is 3.73. The summed E-state index contributed by atoms with van der Waals surface area (Å²) >= 11 is 0. The molecule has 170 valence electrons. The largest absolute Gasteiger partial charge is 0.456 e. The Hall–Kier alpha value is -3.54. The molecule has 1 fully saturated rings. The quantitative estimate of drug-likeness (QED) is 0.614. The number of nitriles is 1. The highest BCUT2D eigenvalue weighted by Crippen LogP contribution is 2.34. The van der Waals surface area contributed by atoms with Crippen LogP contribution in [0.1, 0.15) is 30.7 Å². The molecule has 1 aliphatic rings. The highest BCUT2D eigenvalue weighted by atomic mass is 16.5. The van der Waals surface area contributed by atoms with Crippen LogP contribution < -0.4 is 15.4 Å². The van der Waals surface area contributed by atoms with E-state index in [-0.39, 0.29) is 5.54 Å². The zero-order chi connectivity index (χ0) is 23.4. The number of morpholine rings is 1. The normalized spacial score (nSPS) is 14.1. The van der Waals surface area contributed by atoms with E-state index < -0.39 is 0 Å². The van der Waals surface area contributed by atoms with Crippen LogP contribution in [0.25, 0.3) is 11.4 Å². The van der Waals surface area contributed by atoms with Crippen LogP contribution in [-0.2, 0) is 11.2 Å². The summed E-state index contributed by atoms with van der Waals surface area (Å²) in [5, 5.41) is 9.42. The summed E-state index contributed by atoms with van der Waals surface area (Å²) in [5.41, 5.74) is 8.78. The molecule has 1 aliphatic heterocycles. The highest BCUT2D eigenvalue weighted by Gasteiger charge is 2.17. The van der Waals surface area contributed by atoms with Crippen molar-refractivity contribution < 1.29 is 9.47 Å². The van der Waals surface area contributed by atoms with Gasteiger partial charge in [0.05, 0.1) is 30.4 Å². The monoisotopic (exact) mass is 444 g/mol. The molecule has 8 heteroatoms. The van der Waals surface area contributed by atoms with Crippen molar-refractivity contribution in [1.82, 2.24) is 15.0 Å². The smallest absolute Gasteiger partial charge is 0.162 e. The number of hydrogen-bond acceptors (Lipinski definition) is 8. The lowest BCUT2D eigenvalue weighted by Crippen LogP contribution is -2.36. The molecule has 1 saturated heterocycles. The second-order valence-electron chi connectivity index (χ2n) is 8.91. The number of nitrogens with two attached hydrogens (primary N) is 1. The van der Waals surface area contributed by atoms with Gasteiger partial charge in [-0.15, -0.1) is 0 Å². The third-order valence-corrected chi connectivity index (χ3v) is 5.19. The number of anilines is 1. The van der Waals surface area contributed by atoms with Crippen LogP contribution in [0, 0.1) is 18.3 Å². The lowest BCUT2D eigenvalue weighted by molar-refractivity contribution is 0.122. The fourth-order valence-corrected chi connectivity index (χ4v) is 3.73. The van der Waals surface area contributed by atoms with Crippen molar-refractivity contribution in [3.63, 3.8) is 0 Å². The predicted octanol–water partition coefficient (Wildman–Crippen LogP) is 3.63. The average molecular weight is 445 g/mol. The molecule has 0 aliphatic carbocycles. The molecule has 0 atom stereocenters. The van der Waals surface area contributed by atoms with Gasteiger partial charge in [0.1, 0.15) is 17.3 Å². The third kappa shape index (κ3) is 5.83. The van der Waals surface area contributed by atoms with Gasteiger partial charge in [0.15, 0.2) is 5.82 Å². The molecule has 33 heavy (non-hydrogen) atoms. The molecule has 0 amide bonds. The number of rotatable bonds is 6. The molecule has 0 bridgehead atoms. The average Bonchev–Trinajstić information content (AvgIpc) is 2.79. The molecule has 8 nitrogen and oxygen atoms in total. The number of benzene rings is 1. The van der Waals surface area contributed by atoms with Gasteiger partial charge in [-0.05, 0) is 51.0 Å². The van der Waals surface area contributed by atoms with Gasteiger partial charge >= 0.3 is 0 Å². The van der Waals surface area contributed by atoms with E-state index in [4.69, 9.17) is 15.2 Å². The first kappa shape index (κ1) is 22.6. The lowest BCUT2D eigenvalue weighted by Gasteiger charge is -2.28. The minimum atomic E-state index is -0.342. The molecular weight excluding hydrogens is 416 g/mol. The minimum Gasteiger partial charge on any atom is -0.456 e. The van der Waals surface area contributed by atoms with Gasteiger partial charge in [-0.3, -0.25) is 0 Å². The summed E-state index contributed by atoms with van der Waals surface area (Å²) in [6.07, 6.45) is 4.24. The van der Waals surface area contributed by atoms with Gasteiger partial charge in [-0.2, -0.15) is 5.26 Å². The van der Waals surface area contributed by atoms with Crippen molar-refractivity contribution in [2.24, 2.45) is 5.73 Å². The lowest BCUT2D eigenvalue weighted by atomic mass is 9.98. The van der Waals surface area contributed by atoms with Gasteiger partial charge < -0.3 is 20.1 Å². The van der Waals surface area contributed by atoms with Crippen LogP contribution in [0.2, 0.25) is 0 Å². The van der Waals surface area contributed by atoms with E-state index in [0.717, 1.165) is 30.2 Å². The van der Waals surface area contributed by atoms with Crippen LogP contribution in [0.4, 0.5) is 5.82 Å². The summed E-state index contributed by atoms with van der Waals surface area (Å²) in [6.45, 7) is 8.79. The minimum absolute atomic E-state index is 0.342. The maximum absolute atomic E-state index is 9.42. The Bertz CT molecular complexity index is 1160. The molecule has 2 aromatic heterocycles. The van der Waals surface area contributed by atoms with Gasteiger partial charge in [0.2, 0.25) is 0 Å². The van der Waals surface area contributed by atoms with Crippen molar-refractivity contribution in [2.75, 3.05) is 31.2 Å². The van der Waals surface area contributed by atoms with Crippen molar-refractivity contribution >= 4 is 5.82 Å². The molecule has 0 saturated carbocycles. The molecule has 0 spiro atoms. The van der Waals surface area contributed by atoms with Crippen molar-refractivity contribution in [3.05, 3.63) is 59.5 Å². The first-order valence-corrected chi connectivity index (χ1v) is 10.9. The maximum atomic E-state index is 9.42. The topological polar surface area (TPSA) is 110 Å². The standard InChI is InChI=1S/C25H28N6O2/c1-17-10-20(12-23(30-17)31-6-8-32-9-7-31)33-22-11-18(14-26)4-5-21(22)24-28-15-19(16-29-24)13-25(2,3)27/h4-5,10-12,15-16H,6-9,13,27H2,1-3H3. The van der Waals surface area contributed by atoms with Gasteiger partial charge in [-0.25, -0.2) is 15.0 Å². The first-order valence-electron chi connectivity index (χ1n) is 10.9. The van der Waals surface area contributed by atoms with Crippen molar-refractivity contribution in [2.45, 2.75) is 32.7 Å². The molecule has 0 unspecified atom stereocenters. The van der Waals surface area contributed by atoms with E-state index in [2.05, 4.69) is 25.9 Å². The SMILES string of the molecule is Cc1cc(Oc2cc(C#N)ccc2-c2ncc(CC(C)(C)N)cn2)cc(N2CCOCC2)n1. The molecule has 3 heterocycles. The van der Waals surface area contributed by atoms with E-state index in [9.17, 15) is 5.26 Å². The van der Waals surface area contributed by atoms with E-state index in [1.807, 2.05) is 39.0 Å². The summed E-state index contributed by atoms with van der Waals surface area (Å²) in [5.74, 6) is 2.52. The van der Waals surface area contributed by atoms with Crippen molar-refractivity contribution in [1.29, 1.82) is 5.26 Å². The number of pyridine rings is 1. The zero-order valence-corrected chi connectivity index (χ0v) is 19.2. The molecular formula is C25H28N6O2. The van der Waals surface area contributed by atoms with Crippen molar-refractivity contribution in [3.8, 4) is 29.0 Å². The summed E-state index contributed by atoms with van der Waals surface area (Å²) in [4.78, 5) is 15.9. The summed E-state index contributed by atoms with van der Waals surface area (Å²) in [7, 11) is 0. The summed E-state index contributed by atoms with van der Waals surface area (Å²) < 4.78 is 11.7. The zero-order valence-electron chi connectivity index (χ0n) is 19.2. The van der Waals surface area contributed by atoms with Crippen LogP contribution in [0.15, 0.2) is 42.7 Å². The van der Waals surface area contributed by atoms with E-state index in [1.165, 1.54) is 0 Å². The molecule has 3 aromatic rings. The number of aryl methyl sites for hydroxylation is 1. The number of hydrogen-bond donors (Lipinski definition) is 1. The Morgan fingerprint density at radius 3 is 2.55 bits per heavy atom. The second kappa shape index (κ2) is 9.53. The highest BCUT2D eigenvalue weighted by molar-refractivity contribution is 5.66. The maximum Gasteiger partial charge on any atom is 0.162 e. The van der Waals surface area contributed by atoms with Crippen LogP contribution in [0.3, 0.4) is 0 Å². The first-order chi connectivity index (χ1) is 15.8. The van der Waals surface area contributed by atoms with Crippen LogP contribution in [-0.4, -0.2) is 46.8 Å². The Balaban J connectivity index is 1.66. The Kier molecular flexibility index (Phi) is 6.54. The number of nitrogens with zero attached hydrogens (tertiary/aromatic N) is 5. The van der Waals surface area contributed by atoms with E-state index >= 15 is 0 Å². The Morgan fingerprint density at radius 1 is 1.15 bits per heavy atom. The van der Waals surface area contributed by atoms with Gasteiger partial charge in [0.25, 0.3) is 0 Å². The van der Waals surface area contributed by atoms with Crippen LogP contribution in [0.5, 0.6) is 11.5 Å². The fraction of sp³-hybridized carbons (Fsp3) is 0.360. The number of ether oxygens (including phenoxy) is 2. The third-order valence-electron chi connectivity index (χ3n) is 5.19. The van der Waals surface area contributed by atoms with E-state index in [0.29, 0.717) is 48.1 Å². The molecule has 2 N–H and O–H groups in total. The second-order valence-corrected chi connectivity index (χ2v) is 8.91. The van der Waals surface area contributed by atoms with Gasteiger partial charge in [-0.1, -0.05) is 0 Å². The molecule has 1 aromatic carbocycles. The Labute approximate surface area is 194 Å². The Morgan fingerprint density at radius 2 is 1.88 bits per heavy atom. The predicted molar refractivity (Wildman–Crippen MR) is 126 cm³/mol.